The van der Waals surface area contributed by atoms with E-state index in [-0.39, 0.29) is 26.5 Å². The van der Waals surface area contributed by atoms with Crippen LogP contribution >= 0.6 is 46.4 Å². The van der Waals surface area contributed by atoms with Gasteiger partial charge in [-0.15, -0.1) is 0 Å². The molecule has 0 radical (unpaired) electrons. The van der Waals surface area contributed by atoms with E-state index in [4.69, 9.17) is 46.4 Å². The first kappa shape index (κ1) is 17.7. The second-order valence-electron chi connectivity index (χ2n) is 4.34. The highest BCUT2D eigenvalue weighted by molar-refractivity contribution is 7.93. The van der Waals surface area contributed by atoms with Crippen molar-refractivity contribution in [2.75, 3.05) is 10.8 Å². The van der Waals surface area contributed by atoms with Crippen molar-refractivity contribution in [1.29, 1.82) is 0 Å². The number of nitrogens with zero attached hydrogens (tertiary/aromatic N) is 1. The van der Waals surface area contributed by atoms with E-state index in [1.54, 1.807) is 13.0 Å². The smallest absolute Gasteiger partial charge is 0.265 e. The van der Waals surface area contributed by atoms with Gasteiger partial charge in [0.1, 0.15) is 4.90 Å². The summed E-state index contributed by atoms with van der Waals surface area (Å²) in [6.07, 6.45) is 0. The van der Waals surface area contributed by atoms with Crippen molar-refractivity contribution in [3.8, 4) is 0 Å². The highest BCUT2D eigenvalue weighted by Crippen LogP contribution is 2.33. The van der Waals surface area contributed by atoms with E-state index in [0.717, 1.165) is 0 Å². The van der Waals surface area contributed by atoms with Crippen molar-refractivity contribution in [2.24, 2.45) is 0 Å². The van der Waals surface area contributed by atoms with Crippen LogP contribution in [-0.4, -0.2) is 15.0 Å². The molecule has 118 valence electrons. The maximum atomic E-state index is 12.8. The molecule has 0 atom stereocenters. The number of anilines is 1. The van der Waals surface area contributed by atoms with Gasteiger partial charge in [0, 0.05) is 11.6 Å². The summed E-state index contributed by atoms with van der Waals surface area (Å²) in [6, 6.07) is 8.89. The second-order valence-corrected chi connectivity index (χ2v) is 7.83. The Morgan fingerprint density at radius 1 is 0.909 bits per heavy atom. The van der Waals surface area contributed by atoms with Gasteiger partial charge in [-0.25, -0.2) is 8.42 Å². The number of sulfonamides is 1. The van der Waals surface area contributed by atoms with Gasteiger partial charge >= 0.3 is 0 Å². The molecule has 2 aromatic carbocycles. The minimum absolute atomic E-state index is 0.0606. The lowest BCUT2D eigenvalue weighted by molar-refractivity contribution is 0.592. The molecule has 0 spiro atoms. The zero-order chi connectivity index (χ0) is 16.5. The number of halogens is 4. The summed E-state index contributed by atoms with van der Waals surface area (Å²) >= 11 is 23.7. The van der Waals surface area contributed by atoms with Crippen LogP contribution in [0, 0.1) is 0 Å². The molecule has 2 aromatic rings. The van der Waals surface area contributed by atoms with Crippen molar-refractivity contribution in [3.63, 3.8) is 0 Å². The Hall–Kier alpha value is -0.650. The summed E-state index contributed by atoms with van der Waals surface area (Å²) in [7, 11) is -3.87. The van der Waals surface area contributed by atoms with Crippen LogP contribution in [0.5, 0.6) is 0 Å². The Kier molecular flexibility index (Phi) is 5.51. The Labute approximate surface area is 149 Å². The molecule has 0 N–H and O–H groups in total. The average Bonchev–Trinajstić information content (AvgIpc) is 2.45. The van der Waals surface area contributed by atoms with E-state index in [0.29, 0.717) is 10.7 Å². The van der Waals surface area contributed by atoms with Crippen LogP contribution in [0.4, 0.5) is 5.69 Å². The van der Waals surface area contributed by atoms with Crippen molar-refractivity contribution < 1.29 is 8.42 Å². The number of hydrogen-bond acceptors (Lipinski definition) is 2. The van der Waals surface area contributed by atoms with Gasteiger partial charge in [-0.05, 0) is 43.3 Å². The zero-order valence-corrected chi connectivity index (χ0v) is 15.2. The largest absolute Gasteiger partial charge is 0.267 e. The Morgan fingerprint density at radius 2 is 1.55 bits per heavy atom. The summed E-state index contributed by atoms with van der Waals surface area (Å²) < 4.78 is 26.9. The first-order chi connectivity index (χ1) is 10.3. The monoisotopic (exact) mass is 397 g/mol. The maximum absolute atomic E-state index is 12.8. The number of benzene rings is 2. The lowest BCUT2D eigenvalue weighted by Gasteiger charge is -2.24. The summed E-state index contributed by atoms with van der Waals surface area (Å²) in [6.45, 7) is 1.90. The SMILES string of the molecule is CCN(c1ccc(Cl)c(Cl)c1)S(=O)(=O)c1cc(Cl)ccc1Cl. The fourth-order valence-electron chi connectivity index (χ4n) is 1.93. The third kappa shape index (κ3) is 3.47. The van der Waals surface area contributed by atoms with Crippen molar-refractivity contribution in [3.05, 3.63) is 56.5 Å². The average molecular weight is 399 g/mol. The summed E-state index contributed by atoms with van der Waals surface area (Å²) in [5.74, 6) is 0. The predicted molar refractivity (Wildman–Crippen MR) is 93.1 cm³/mol. The fraction of sp³-hybridized carbons (Fsp3) is 0.143. The van der Waals surface area contributed by atoms with Gasteiger partial charge < -0.3 is 0 Å². The summed E-state index contributed by atoms with van der Waals surface area (Å²) in [5, 5.41) is 1.00. The Morgan fingerprint density at radius 3 is 2.14 bits per heavy atom. The van der Waals surface area contributed by atoms with Crippen LogP contribution in [-0.2, 0) is 10.0 Å². The van der Waals surface area contributed by atoms with E-state index >= 15 is 0 Å². The van der Waals surface area contributed by atoms with E-state index in [1.165, 1.54) is 34.6 Å². The van der Waals surface area contributed by atoms with E-state index in [9.17, 15) is 8.42 Å². The van der Waals surface area contributed by atoms with Gasteiger partial charge in [0.25, 0.3) is 10.0 Å². The van der Waals surface area contributed by atoms with Crippen LogP contribution in [0.3, 0.4) is 0 Å². The standard InChI is InChI=1S/C14H11Cl4NO2S/c1-2-19(10-4-6-11(16)13(18)8-10)22(20,21)14-7-9(15)3-5-12(14)17/h3-8H,2H2,1H3. The molecule has 0 saturated carbocycles. The molecule has 0 heterocycles. The predicted octanol–water partition coefficient (Wildman–Crippen LogP) is 5.52. The van der Waals surface area contributed by atoms with Gasteiger partial charge in [0.15, 0.2) is 0 Å². The van der Waals surface area contributed by atoms with Crippen molar-refractivity contribution in [2.45, 2.75) is 11.8 Å². The van der Waals surface area contributed by atoms with Crippen molar-refractivity contribution >= 4 is 62.1 Å². The maximum Gasteiger partial charge on any atom is 0.265 e. The first-order valence-electron chi connectivity index (χ1n) is 6.20. The molecular formula is C14H11Cl4NO2S. The molecule has 0 saturated heterocycles. The molecule has 0 aliphatic carbocycles. The van der Waals surface area contributed by atoms with Crippen LogP contribution < -0.4 is 4.31 Å². The first-order valence-corrected chi connectivity index (χ1v) is 9.15. The molecule has 0 bridgehead atoms. The molecule has 0 fully saturated rings. The highest BCUT2D eigenvalue weighted by atomic mass is 35.5. The fourth-order valence-corrected chi connectivity index (χ4v) is 4.42. The third-order valence-electron chi connectivity index (χ3n) is 2.94. The van der Waals surface area contributed by atoms with Gasteiger partial charge in [-0.3, -0.25) is 4.31 Å². The molecule has 0 aliphatic rings. The third-order valence-corrected chi connectivity index (χ3v) is 6.30. The minimum atomic E-state index is -3.87. The molecule has 0 unspecified atom stereocenters. The molecule has 0 aromatic heterocycles. The number of rotatable bonds is 4. The van der Waals surface area contributed by atoms with Crippen LogP contribution in [0.1, 0.15) is 6.92 Å². The van der Waals surface area contributed by atoms with E-state index < -0.39 is 10.0 Å². The van der Waals surface area contributed by atoms with E-state index in [2.05, 4.69) is 0 Å². The highest BCUT2D eigenvalue weighted by Gasteiger charge is 2.26. The summed E-state index contributed by atoms with van der Waals surface area (Å²) in [5.41, 5.74) is 0.396. The van der Waals surface area contributed by atoms with Gasteiger partial charge in [0.05, 0.1) is 20.8 Å². The van der Waals surface area contributed by atoms with Gasteiger partial charge in [0.2, 0.25) is 0 Å². The minimum Gasteiger partial charge on any atom is -0.267 e. The van der Waals surface area contributed by atoms with E-state index in [1.807, 2.05) is 0 Å². The molecule has 0 amide bonds. The molecule has 3 nitrogen and oxygen atoms in total. The van der Waals surface area contributed by atoms with Crippen LogP contribution in [0.2, 0.25) is 20.1 Å². The van der Waals surface area contributed by atoms with Gasteiger partial charge in [-0.2, -0.15) is 0 Å². The Bertz CT molecular complexity index is 808. The zero-order valence-electron chi connectivity index (χ0n) is 11.4. The quantitative estimate of drug-likeness (QED) is 0.680. The molecule has 22 heavy (non-hydrogen) atoms. The Balaban J connectivity index is 2.58. The summed E-state index contributed by atoms with van der Waals surface area (Å²) in [4.78, 5) is -0.0606. The van der Waals surface area contributed by atoms with Crippen LogP contribution in [0.15, 0.2) is 41.3 Å². The second kappa shape index (κ2) is 6.85. The van der Waals surface area contributed by atoms with Crippen LogP contribution in [0.25, 0.3) is 0 Å². The molecule has 8 heteroatoms. The molecular weight excluding hydrogens is 388 g/mol. The lowest BCUT2D eigenvalue weighted by atomic mass is 10.3. The molecule has 2 rings (SSSR count). The lowest BCUT2D eigenvalue weighted by Crippen LogP contribution is -2.31. The van der Waals surface area contributed by atoms with Gasteiger partial charge in [-0.1, -0.05) is 46.4 Å². The normalized spacial score (nSPS) is 11.5. The number of hydrogen-bond donors (Lipinski definition) is 0. The topological polar surface area (TPSA) is 37.4 Å². The van der Waals surface area contributed by atoms with Crippen molar-refractivity contribution in [1.82, 2.24) is 0 Å². The molecule has 0 aliphatic heterocycles.